The smallest absolute Gasteiger partial charge is 0.240 e. The van der Waals surface area contributed by atoms with Gasteiger partial charge in [-0.3, -0.25) is 4.79 Å². The van der Waals surface area contributed by atoms with Crippen LogP contribution in [0.2, 0.25) is 0 Å². The van der Waals surface area contributed by atoms with E-state index in [2.05, 4.69) is 39.2 Å². The van der Waals surface area contributed by atoms with Gasteiger partial charge in [-0.15, -0.1) is 0 Å². The highest BCUT2D eigenvalue weighted by Crippen LogP contribution is 2.20. The number of nitrogens with zero attached hydrogens (tertiary/aromatic N) is 1. The SMILES string of the molecule is CCC(=O)Nc1ccc(S(=O)(=O)NCCc2ccc(N3CCCC3)cc2)cc1. The second-order valence-electron chi connectivity index (χ2n) is 6.93. The summed E-state index contributed by atoms with van der Waals surface area (Å²) in [6.07, 6.45) is 3.50. The van der Waals surface area contributed by atoms with E-state index < -0.39 is 10.0 Å². The summed E-state index contributed by atoms with van der Waals surface area (Å²) in [6.45, 7) is 4.32. The third-order valence-electron chi connectivity index (χ3n) is 4.88. The van der Waals surface area contributed by atoms with Gasteiger partial charge >= 0.3 is 0 Å². The number of nitrogens with one attached hydrogen (secondary N) is 2. The van der Waals surface area contributed by atoms with Crippen LogP contribution in [0.3, 0.4) is 0 Å². The maximum absolute atomic E-state index is 12.4. The number of sulfonamides is 1. The number of rotatable bonds is 8. The molecule has 28 heavy (non-hydrogen) atoms. The average Bonchev–Trinajstić information content (AvgIpc) is 3.23. The second-order valence-corrected chi connectivity index (χ2v) is 8.70. The molecule has 1 aliphatic heterocycles. The fourth-order valence-corrected chi connectivity index (χ4v) is 4.26. The van der Waals surface area contributed by atoms with Crippen molar-refractivity contribution in [1.29, 1.82) is 0 Å². The van der Waals surface area contributed by atoms with Gasteiger partial charge in [-0.1, -0.05) is 19.1 Å². The molecule has 0 spiro atoms. The Morgan fingerprint density at radius 3 is 2.25 bits per heavy atom. The number of hydrogen-bond donors (Lipinski definition) is 2. The molecule has 1 saturated heterocycles. The van der Waals surface area contributed by atoms with Gasteiger partial charge in [0.1, 0.15) is 0 Å². The largest absolute Gasteiger partial charge is 0.372 e. The van der Waals surface area contributed by atoms with Crippen LogP contribution in [-0.2, 0) is 21.2 Å². The van der Waals surface area contributed by atoms with E-state index in [4.69, 9.17) is 0 Å². The normalized spacial score (nSPS) is 14.2. The zero-order valence-electron chi connectivity index (χ0n) is 16.1. The van der Waals surface area contributed by atoms with Crippen molar-refractivity contribution in [3.05, 3.63) is 54.1 Å². The average molecular weight is 402 g/mol. The molecule has 7 heteroatoms. The molecule has 1 amide bonds. The lowest BCUT2D eigenvalue weighted by Crippen LogP contribution is -2.26. The molecular formula is C21H27N3O3S. The first-order valence-corrected chi connectivity index (χ1v) is 11.2. The molecule has 150 valence electrons. The molecule has 0 atom stereocenters. The van der Waals surface area contributed by atoms with Gasteiger partial charge in [0.15, 0.2) is 0 Å². The minimum atomic E-state index is -3.57. The molecule has 2 aromatic rings. The number of anilines is 2. The Hall–Kier alpha value is -2.38. The summed E-state index contributed by atoms with van der Waals surface area (Å²) in [6, 6.07) is 14.5. The van der Waals surface area contributed by atoms with Crippen molar-refractivity contribution in [3.63, 3.8) is 0 Å². The quantitative estimate of drug-likeness (QED) is 0.712. The summed E-state index contributed by atoms with van der Waals surface area (Å²) >= 11 is 0. The summed E-state index contributed by atoms with van der Waals surface area (Å²) < 4.78 is 27.5. The summed E-state index contributed by atoms with van der Waals surface area (Å²) in [5, 5.41) is 2.70. The highest BCUT2D eigenvalue weighted by Gasteiger charge is 2.14. The van der Waals surface area contributed by atoms with Crippen molar-refractivity contribution in [2.75, 3.05) is 29.9 Å². The molecule has 2 N–H and O–H groups in total. The van der Waals surface area contributed by atoms with Gasteiger partial charge in [0.2, 0.25) is 15.9 Å². The fourth-order valence-electron chi connectivity index (χ4n) is 3.23. The zero-order valence-corrected chi connectivity index (χ0v) is 17.0. The van der Waals surface area contributed by atoms with Crippen molar-refractivity contribution in [3.8, 4) is 0 Å². The maximum atomic E-state index is 12.4. The highest BCUT2D eigenvalue weighted by atomic mass is 32.2. The van der Waals surface area contributed by atoms with Crippen LogP contribution < -0.4 is 14.9 Å². The zero-order chi connectivity index (χ0) is 20.0. The van der Waals surface area contributed by atoms with Crippen LogP contribution in [0.4, 0.5) is 11.4 Å². The molecule has 1 aliphatic rings. The van der Waals surface area contributed by atoms with Crippen LogP contribution in [0.25, 0.3) is 0 Å². The Balaban J connectivity index is 1.52. The molecule has 0 saturated carbocycles. The molecule has 6 nitrogen and oxygen atoms in total. The first-order chi connectivity index (χ1) is 13.5. The van der Waals surface area contributed by atoms with Crippen molar-refractivity contribution >= 4 is 27.3 Å². The van der Waals surface area contributed by atoms with Crippen molar-refractivity contribution < 1.29 is 13.2 Å². The van der Waals surface area contributed by atoms with Crippen LogP contribution >= 0.6 is 0 Å². The molecule has 0 aliphatic carbocycles. The molecule has 0 radical (unpaired) electrons. The van der Waals surface area contributed by atoms with Gasteiger partial charge < -0.3 is 10.2 Å². The Kier molecular flexibility index (Phi) is 6.70. The summed E-state index contributed by atoms with van der Waals surface area (Å²) in [5.74, 6) is -0.107. The molecule has 1 heterocycles. The molecule has 0 bridgehead atoms. The minimum absolute atomic E-state index is 0.107. The third-order valence-corrected chi connectivity index (χ3v) is 6.36. The van der Waals surface area contributed by atoms with E-state index in [1.54, 1.807) is 19.1 Å². The Labute approximate surface area is 167 Å². The standard InChI is InChI=1S/C21H27N3O3S/c1-2-21(25)23-18-7-11-20(12-8-18)28(26,27)22-14-13-17-5-9-19(10-6-17)24-15-3-4-16-24/h5-12,22H,2-4,13-16H2,1H3,(H,23,25). The molecule has 2 aromatic carbocycles. The molecule has 1 fully saturated rings. The maximum Gasteiger partial charge on any atom is 0.240 e. The van der Waals surface area contributed by atoms with Crippen LogP contribution in [0.5, 0.6) is 0 Å². The summed E-state index contributed by atoms with van der Waals surface area (Å²) in [4.78, 5) is 14.0. The highest BCUT2D eigenvalue weighted by molar-refractivity contribution is 7.89. The van der Waals surface area contributed by atoms with Gasteiger partial charge in [-0.25, -0.2) is 13.1 Å². The van der Waals surface area contributed by atoms with Crippen molar-refractivity contribution in [1.82, 2.24) is 4.72 Å². The number of amides is 1. The predicted molar refractivity (Wildman–Crippen MR) is 112 cm³/mol. The van der Waals surface area contributed by atoms with Crippen molar-refractivity contribution in [2.24, 2.45) is 0 Å². The first-order valence-electron chi connectivity index (χ1n) is 9.71. The lowest BCUT2D eigenvalue weighted by Gasteiger charge is -2.17. The number of benzene rings is 2. The Morgan fingerprint density at radius 2 is 1.64 bits per heavy atom. The summed E-state index contributed by atoms with van der Waals surface area (Å²) in [5.41, 5.74) is 2.92. The van der Waals surface area contributed by atoms with E-state index in [9.17, 15) is 13.2 Å². The summed E-state index contributed by atoms with van der Waals surface area (Å²) in [7, 11) is -3.57. The predicted octanol–water partition coefficient (Wildman–Crippen LogP) is 3.16. The van der Waals surface area contributed by atoms with Gasteiger partial charge in [0.25, 0.3) is 0 Å². The molecular weight excluding hydrogens is 374 g/mol. The van der Waals surface area contributed by atoms with E-state index in [1.807, 2.05) is 0 Å². The minimum Gasteiger partial charge on any atom is -0.372 e. The van der Waals surface area contributed by atoms with E-state index in [1.165, 1.54) is 30.7 Å². The van der Waals surface area contributed by atoms with Gasteiger partial charge in [0, 0.05) is 37.4 Å². The molecule has 0 unspecified atom stereocenters. The van der Waals surface area contributed by atoms with Gasteiger partial charge in [-0.2, -0.15) is 0 Å². The van der Waals surface area contributed by atoms with E-state index >= 15 is 0 Å². The Morgan fingerprint density at radius 1 is 1.00 bits per heavy atom. The molecule has 0 aromatic heterocycles. The first kappa shape index (κ1) is 20.4. The van der Waals surface area contributed by atoms with Crippen LogP contribution in [0, 0.1) is 0 Å². The van der Waals surface area contributed by atoms with E-state index in [0.717, 1.165) is 18.7 Å². The van der Waals surface area contributed by atoms with Gasteiger partial charge in [-0.05, 0) is 61.2 Å². The van der Waals surface area contributed by atoms with Crippen LogP contribution in [0.15, 0.2) is 53.4 Å². The van der Waals surface area contributed by atoms with Crippen molar-refractivity contribution in [2.45, 2.75) is 37.5 Å². The van der Waals surface area contributed by atoms with Crippen LogP contribution in [0.1, 0.15) is 31.7 Å². The number of carbonyl (C=O) groups is 1. The second kappa shape index (κ2) is 9.21. The fraction of sp³-hybridized carbons (Fsp3) is 0.381. The van der Waals surface area contributed by atoms with Gasteiger partial charge in [0.05, 0.1) is 4.90 Å². The number of hydrogen-bond acceptors (Lipinski definition) is 4. The van der Waals surface area contributed by atoms with E-state index in [-0.39, 0.29) is 10.8 Å². The topological polar surface area (TPSA) is 78.5 Å². The van der Waals surface area contributed by atoms with E-state index in [0.29, 0.717) is 25.1 Å². The third kappa shape index (κ3) is 5.33. The Bertz CT molecular complexity index is 887. The monoisotopic (exact) mass is 401 g/mol. The lowest BCUT2D eigenvalue weighted by atomic mass is 10.1. The number of carbonyl (C=O) groups excluding carboxylic acids is 1. The molecule has 3 rings (SSSR count). The van der Waals surface area contributed by atoms with Crippen LogP contribution in [-0.4, -0.2) is 34.0 Å². The lowest BCUT2D eigenvalue weighted by molar-refractivity contribution is -0.115.